The average Bonchev–Trinajstić information content (AvgIpc) is 2.66. The fourth-order valence-corrected chi connectivity index (χ4v) is 3.85. The zero-order valence-corrected chi connectivity index (χ0v) is 16.8. The van der Waals surface area contributed by atoms with Crippen LogP contribution in [0.2, 0.25) is 0 Å². The third-order valence-electron chi connectivity index (χ3n) is 4.79. The van der Waals surface area contributed by atoms with Crippen molar-refractivity contribution < 1.29 is 17.6 Å². The first kappa shape index (κ1) is 20.4. The lowest BCUT2D eigenvalue weighted by atomic mass is 9.95. The van der Waals surface area contributed by atoms with Crippen LogP contribution in [0.25, 0.3) is 11.1 Å². The summed E-state index contributed by atoms with van der Waals surface area (Å²) in [6.45, 7) is 1.67. The zero-order chi connectivity index (χ0) is 20.3. The van der Waals surface area contributed by atoms with Crippen LogP contribution in [-0.2, 0) is 23.0 Å². The highest BCUT2D eigenvalue weighted by Gasteiger charge is 2.16. The van der Waals surface area contributed by atoms with E-state index in [9.17, 15) is 17.6 Å². The Kier molecular flexibility index (Phi) is 6.12. The van der Waals surface area contributed by atoms with Crippen molar-refractivity contribution in [3.05, 3.63) is 58.9 Å². The summed E-state index contributed by atoms with van der Waals surface area (Å²) >= 11 is 0. The second-order valence-electron chi connectivity index (χ2n) is 6.99. The molecular weight excluding hydrogens is 381 g/mol. The van der Waals surface area contributed by atoms with E-state index in [0.717, 1.165) is 35.4 Å². The first-order chi connectivity index (χ1) is 13.3. The molecule has 1 aliphatic heterocycles. The summed E-state index contributed by atoms with van der Waals surface area (Å²) < 4.78 is 38.8. The molecule has 0 aliphatic carbocycles. The van der Waals surface area contributed by atoms with Gasteiger partial charge in [-0.25, -0.2) is 17.1 Å². The van der Waals surface area contributed by atoms with Crippen molar-refractivity contribution >= 4 is 15.9 Å². The molecular formula is C20H24FN3O3S. The Morgan fingerprint density at radius 1 is 1.14 bits per heavy atom. The Morgan fingerprint density at radius 3 is 2.68 bits per heavy atom. The van der Waals surface area contributed by atoms with Gasteiger partial charge in [0.05, 0.1) is 5.75 Å². The van der Waals surface area contributed by atoms with E-state index in [4.69, 9.17) is 0 Å². The Balaban J connectivity index is 1.77. The van der Waals surface area contributed by atoms with Crippen LogP contribution in [0.15, 0.2) is 36.4 Å². The van der Waals surface area contributed by atoms with Gasteiger partial charge >= 0.3 is 0 Å². The number of nitrogens with one attached hydrogen (secondary N) is 2. The molecule has 0 saturated carbocycles. The molecule has 3 rings (SSSR count). The van der Waals surface area contributed by atoms with Crippen molar-refractivity contribution in [2.24, 2.45) is 0 Å². The van der Waals surface area contributed by atoms with Crippen LogP contribution >= 0.6 is 0 Å². The minimum atomic E-state index is -3.41. The predicted octanol–water partition coefficient (Wildman–Crippen LogP) is 1.76. The zero-order valence-electron chi connectivity index (χ0n) is 16.0. The molecule has 8 heteroatoms. The largest absolute Gasteiger partial charge is 0.351 e. The molecule has 28 heavy (non-hydrogen) atoms. The van der Waals surface area contributed by atoms with Gasteiger partial charge in [0.15, 0.2) is 0 Å². The monoisotopic (exact) mass is 405 g/mol. The molecule has 0 aromatic heterocycles. The van der Waals surface area contributed by atoms with Crippen LogP contribution < -0.4 is 10.6 Å². The van der Waals surface area contributed by atoms with Crippen molar-refractivity contribution in [1.82, 2.24) is 14.9 Å². The number of fused-ring (bicyclic) bond motifs is 1. The fourth-order valence-electron chi connectivity index (χ4n) is 3.13. The first-order valence-corrected chi connectivity index (χ1v) is 10.7. The minimum Gasteiger partial charge on any atom is -0.351 e. The summed E-state index contributed by atoms with van der Waals surface area (Å²) in [4.78, 5) is 12.4. The number of amides is 1. The summed E-state index contributed by atoms with van der Waals surface area (Å²) in [5.41, 5.74) is 4.06. The molecule has 150 valence electrons. The third-order valence-corrected chi connectivity index (χ3v) is 6.62. The van der Waals surface area contributed by atoms with Gasteiger partial charge in [-0.2, -0.15) is 0 Å². The minimum absolute atomic E-state index is 0.0459. The van der Waals surface area contributed by atoms with E-state index in [1.165, 1.54) is 31.3 Å². The summed E-state index contributed by atoms with van der Waals surface area (Å²) in [6, 6.07) is 10.2. The normalized spacial score (nSPS) is 14.0. The molecule has 1 aliphatic rings. The Morgan fingerprint density at radius 2 is 1.93 bits per heavy atom. The number of nitrogens with zero attached hydrogens (tertiary/aromatic N) is 1. The average molecular weight is 405 g/mol. The summed E-state index contributed by atoms with van der Waals surface area (Å²) in [5, 5.41) is 5.86. The number of hydrogen-bond acceptors (Lipinski definition) is 4. The van der Waals surface area contributed by atoms with Crippen LogP contribution in [0.4, 0.5) is 4.39 Å². The molecule has 0 radical (unpaired) electrons. The molecule has 2 aromatic carbocycles. The molecule has 0 saturated heterocycles. The summed E-state index contributed by atoms with van der Waals surface area (Å²) in [5.74, 6) is -1.24. The molecule has 0 bridgehead atoms. The lowest BCUT2D eigenvalue weighted by Gasteiger charge is -2.18. The fraction of sp³-hybridized carbons (Fsp3) is 0.350. The second kappa shape index (κ2) is 8.38. The molecule has 0 atom stereocenters. The van der Waals surface area contributed by atoms with Gasteiger partial charge in [0.2, 0.25) is 10.0 Å². The Bertz CT molecular complexity index is 990. The maximum absolute atomic E-state index is 14.1. The Hall–Kier alpha value is -2.29. The lowest BCUT2D eigenvalue weighted by molar-refractivity contribution is 0.0955. The second-order valence-corrected chi connectivity index (χ2v) is 9.30. The quantitative estimate of drug-likeness (QED) is 0.768. The smallest absolute Gasteiger partial charge is 0.251 e. The summed E-state index contributed by atoms with van der Waals surface area (Å²) in [6.07, 6.45) is 0.961. The molecule has 6 nitrogen and oxygen atoms in total. The maximum Gasteiger partial charge on any atom is 0.251 e. The van der Waals surface area contributed by atoms with Gasteiger partial charge in [-0.3, -0.25) is 4.79 Å². The summed E-state index contributed by atoms with van der Waals surface area (Å²) in [7, 11) is -0.536. The standard InChI is InChI=1S/C20H24FN3O3S/c1-24(2)28(26,27)8-7-23-20(25)17-10-16(11-19(21)12-17)15-4-3-14-5-6-22-13-18(14)9-15/h3-4,9-12,22H,5-8,13H2,1-2H3,(H,23,25). The van der Waals surface area contributed by atoms with E-state index in [-0.39, 0.29) is 17.9 Å². The van der Waals surface area contributed by atoms with E-state index in [0.29, 0.717) is 5.56 Å². The van der Waals surface area contributed by atoms with E-state index in [1.54, 1.807) is 6.07 Å². The molecule has 2 aromatic rings. The number of hydrogen-bond donors (Lipinski definition) is 2. The topological polar surface area (TPSA) is 78.5 Å². The molecule has 1 heterocycles. The van der Waals surface area contributed by atoms with Crippen LogP contribution in [-0.4, -0.2) is 51.6 Å². The van der Waals surface area contributed by atoms with E-state index < -0.39 is 21.7 Å². The van der Waals surface area contributed by atoms with Gasteiger partial charge < -0.3 is 10.6 Å². The highest BCUT2D eigenvalue weighted by molar-refractivity contribution is 7.89. The van der Waals surface area contributed by atoms with Crippen LogP contribution in [0.1, 0.15) is 21.5 Å². The number of sulfonamides is 1. The number of halogens is 1. The molecule has 1 amide bonds. The maximum atomic E-state index is 14.1. The van der Waals surface area contributed by atoms with Gasteiger partial charge in [0.1, 0.15) is 5.82 Å². The van der Waals surface area contributed by atoms with Gasteiger partial charge in [-0.05, 0) is 59.5 Å². The van der Waals surface area contributed by atoms with Crippen molar-refractivity contribution in [3.63, 3.8) is 0 Å². The molecule has 2 N–H and O–H groups in total. The van der Waals surface area contributed by atoms with Gasteiger partial charge in [-0.15, -0.1) is 0 Å². The predicted molar refractivity (Wildman–Crippen MR) is 107 cm³/mol. The molecule has 0 spiro atoms. The van der Waals surface area contributed by atoms with Crippen molar-refractivity contribution in [2.75, 3.05) is 32.9 Å². The first-order valence-electron chi connectivity index (χ1n) is 9.08. The van der Waals surface area contributed by atoms with E-state index in [2.05, 4.69) is 10.6 Å². The third kappa shape index (κ3) is 4.76. The highest BCUT2D eigenvalue weighted by atomic mass is 32.2. The highest BCUT2D eigenvalue weighted by Crippen LogP contribution is 2.26. The number of benzene rings is 2. The number of rotatable bonds is 6. The number of carbonyl (C=O) groups excluding carboxylic acids is 1. The van der Waals surface area contributed by atoms with Crippen LogP contribution in [0.3, 0.4) is 0 Å². The molecule has 0 unspecified atom stereocenters. The van der Waals surface area contributed by atoms with Crippen LogP contribution in [0, 0.1) is 5.82 Å². The number of carbonyl (C=O) groups is 1. The van der Waals surface area contributed by atoms with Crippen molar-refractivity contribution in [2.45, 2.75) is 13.0 Å². The lowest BCUT2D eigenvalue weighted by Crippen LogP contribution is -2.33. The van der Waals surface area contributed by atoms with E-state index in [1.807, 2.05) is 18.2 Å². The SMILES string of the molecule is CN(C)S(=O)(=O)CCNC(=O)c1cc(F)cc(-c2ccc3c(c2)CNCC3)c1. The van der Waals surface area contributed by atoms with E-state index >= 15 is 0 Å². The molecule has 0 fully saturated rings. The Labute approximate surface area is 164 Å². The van der Waals surface area contributed by atoms with Gasteiger partial charge in [-0.1, -0.05) is 12.1 Å². The van der Waals surface area contributed by atoms with Crippen molar-refractivity contribution in [3.8, 4) is 11.1 Å². The van der Waals surface area contributed by atoms with Gasteiger partial charge in [0.25, 0.3) is 5.91 Å². The van der Waals surface area contributed by atoms with Crippen LogP contribution in [0.5, 0.6) is 0 Å². The van der Waals surface area contributed by atoms with Gasteiger partial charge in [0, 0.05) is 32.7 Å². The van der Waals surface area contributed by atoms with Crippen molar-refractivity contribution in [1.29, 1.82) is 0 Å².